The zero-order chi connectivity index (χ0) is 15.1. The maximum atomic E-state index is 12.9. The molecule has 0 aliphatic heterocycles. The number of halogens is 1. The van der Waals surface area contributed by atoms with E-state index in [2.05, 4.69) is 11.9 Å². The van der Waals surface area contributed by atoms with Crippen molar-refractivity contribution >= 4 is 11.8 Å². The van der Waals surface area contributed by atoms with Gasteiger partial charge in [-0.05, 0) is 24.6 Å². The van der Waals surface area contributed by atoms with Gasteiger partial charge in [-0.25, -0.2) is 4.39 Å². The van der Waals surface area contributed by atoms with Crippen LogP contribution in [0.25, 0.3) is 0 Å². The van der Waals surface area contributed by atoms with Gasteiger partial charge in [-0.2, -0.15) is 0 Å². The van der Waals surface area contributed by atoms with Crippen LogP contribution in [0.2, 0.25) is 0 Å². The van der Waals surface area contributed by atoms with Crippen LogP contribution in [-0.4, -0.2) is 29.3 Å². The topological polar surface area (TPSA) is 49.4 Å². The van der Waals surface area contributed by atoms with Crippen LogP contribution in [0.3, 0.4) is 0 Å². The van der Waals surface area contributed by atoms with Crippen LogP contribution in [0.15, 0.2) is 36.9 Å². The Kier molecular flexibility index (Phi) is 5.90. The predicted octanol–water partition coefficient (Wildman–Crippen LogP) is 1.86. The Morgan fingerprint density at radius 1 is 1.40 bits per heavy atom. The molecule has 0 spiro atoms. The number of hydrogen-bond acceptors (Lipinski definition) is 2. The van der Waals surface area contributed by atoms with E-state index in [4.69, 9.17) is 0 Å². The quantitative estimate of drug-likeness (QED) is 0.808. The van der Waals surface area contributed by atoms with Gasteiger partial charge in [-0.15, -0.1) is 6.58 Å². The van der Waals surface area contributed by atoms with Gasteiger partial charge in [-0.3, -0.25) is 9.59 Å². The van der Waals surface area contributed by atoms with Gasteiger partial charge in [0.2, 0.25) is 11.8 Å². The molecule has 1 atom stereocenters. The van der Waals surface area contributed by atoms with E-state index in [-0.39, 0.29) is 24.2 Å². The molecule has 0 aliphatic rings. The van der Waals surface area contributed by atoms with Crippen molar-refractivity contribution in [1.82, 2.24) is 10.2 Å². The zero-order valence-electron chi connectivity index (χ0n) is 11.7. The van der Waals surface area contributed by atoms with Crippen molar-refractivity contribution in [3.8, 4) is 0 Å². The summed E-state index contributed by atoms with van der Waals surface area (Å²) < 4.78 is 12.9. The van der Waals surface area contributed by atoms with Gasteiger partial charge >= 0.3 is 0 Å². The fourth-order valence-corrected chi connectivity index (χ4v) is 1.77. The van der Waals surface area contributed by atoms with E-state index in [9.17, 15) is 14.0 Å². The normalized spacial score (nSPS) is 11.6. The van der Waals surface area contributed by atoms with Gasteiger partial charge in [0, 0.05) is 20.0 Å². The third kappa shape index (κ3) is 4.50. The molecule has 0 fully saturated rings. The van der Waals surface area contributed by atoms with Crippen molar-refractivity contribution in [1.29, 1.82) is 0 Å². The van der Waals surface area contributed by atoms with Crippen LogP contribution in [0.4, 0.5) is 4.39 Å². The number of rotatable bonds is 6. The van der Waals surface area contributed by atoms with Crippen molar-refractivity contribution in [3.05, 3.63) is 48.3 Å². The molecule has 0 radical (unpaired) electrons. The van der Waals surface area contributed by atoms with E-state index in [0.29, 0.717) is 6.54 Å². The van der Waals surface area contributed by atoms with Crippen molar-refractivity contribution in [2.24, 2.45) is 0 Å². The summed E-state index contributed by atoms with van der Waals surface area (Å²) in [6.45, 7) is 7.19. The molecule has 0 heterocycles. The van der Waals surface area contributed by atoms with E-state index in [1.807, 2.05) is 0 Å². The van der Waals surface area contributed by atoms with E-state index < -0.39 is 6.04 Å². The Morgan fingerprint density at radius 3 is 2.50 bits per heavy atom. The minimum absolute atomic E-state index is 0.212. The van der Waals surface area contributed by atoms with Gasteiger partial charge in [0.25, 0.3) is 0 Å². The minimum Gasteiger partial charge on any atom is -0.351 e. The van der Waals surface area contributed by atoms with E-state index in [0.717, 1.165) is 5.56 Å². The Balaban J connectivity index is 2.78. The molecule has 20 heavy (non-hydrogen) atoms. The van der Waals surface area contributed by atoms with E-state index in [1.54, 1.807) is 25.1 Å². The highest BCUT2D eigenvalue weighted by Gasteiger charge is 2.23. The van der Waals surface area contributed by atoms with Crippen LogP contribution >= 0.6 is 0 Å². The summed E-state index contributed by atoms with van der Waals surface area (Å²) in [4.78, 5) is 25.0. The Bertz CT molecular complexity index is 485. The highest BCUT2D eigenvalue weighted by molar-refractivity contribution is 5.86. The third-order valence-corrected chi connectivity index (χ3v) is 2.94. The van der Waals surface area contributed by atoms with Gasteiger partial charge in [-0.1, -0.05) is 18.2 Å². The maximum absolute atomic E-state index is 12.9. The monoisotopic (exact) mass is 278 g/mol. The zero-order valence-corrected chi connectivity index (χ0v) is 11.7. The SMILES string of the molecule is C=CCNC(=O)[C@@H](C)N(Cc1ccc(F)cc1)C(C)=O. The summed E-state index contributed by atoms with van der Waals surface area (Å²) in [5.74, 6) is -0.794. The highest BCUT2D eigenvalue weighted by atomic mass is 19.1. The Hall–Kier alpha value is -2.17. The van der Waals surface area contributed by atoms with E-state index in [1.165, 1.54) is 24.0 Å². The fourth-order valence-electron chi connectivity index (χ4n) is 1.77. The van der Waals surface area contributed by atoms with Gasteiger partial charge in [0.05, 0.1) is 0 Å². The maximum Gasteiger partial charge on any atom is 0.242 e. The molecule has 5 heteroatoms. The molecule has 0 bridgehead atoms. The first-order valence-electron chi connectivity index (χ1n) is 6.36. The number of carbonyl (C=O) groups excluding carboxylic acids is 2. The fraction of sp³-hybridized carbons (Fsp3) is 0.333. The molecule has 0 saturated heterocycles. The smallest absolute Gasteiger partial charge is 0.242 e. The second-order valence-electron chi connectivity index (χ2n) is 4.48. The van der Waals surface area contributed by atoms with Gasteiger partial charge in [0.1, 0.15) is 11.9 Å². The first kappa shape index (κ1) is 15.9. The average Bonchev–Trinajstić information content (AvgIpc) is 2.43. The number of carbonyl (C=O) groups is 2. The summed E-state index contributed by atoms with van der Waals surface area (Å²) in [7, 11) is 0. The minimum atomic E-state index is -0.600. The molecule has 1 aromatic carbocycles. The molecule has 0 unspecified atom stereocenters. The van der Waals surface area contributed by atoms with Crippen molar-refractivity contribution in [2.75, 3.05) is 6.54 Å². The average molecular weight is 278 g/mol. The Morgan fingerprint density at radius 2 is 2.00 bits per heavy atom. The summed E-state index contributed by atoms with van der Waals surface area (Å²) in [6, 6.07) is 5.25. The lowest BCUT2D eigenvalue weighted by Gasteiger charge is -2.27. The number of benzene rings is 1. The summed E-state index contributed by atoms with van der Waals surface area (Å²) in [6.07, 6.45) is 1.57. The van der Waals surface area contributed by atoms with Gasteiger partial charge in [0.15, 0.2) is 0 Å². The molecule has 0 aliphatic carbocycles. The molecule has 1 N–H and O–H groups in total. The summed E-state index contributed by atoms with van der Waals surface area (Å²) in [5.41, 5.74) is 0.768. The number of nitrogens with one attached hydrogen (secondary N) is 1. The van der Waals surface area contributed by atoms with Crippen LogP contribution in [0, 0.1) is 5.82 Å². The van der Waals surface area contributed by atoms with Crippen molar-refractivity contribution in [3.63, 3.8) is 0 Å². The second kappa shape index (κ2) is 7.43. The van der Waals surface area contributed by atoms with Crippen molar-refractivity contribution in [2.45, 2.75) is 26.4 Å². The molecular formula is C15H19FN2O2. The van der Waals surface area contributed by atoms with E-state index >= 15 is 0 Å². The lowest BCUT2D eigenvalue weighted by Crippen LogP contribution is -2.46. The lowest BCUT2D eigenvalue weighted by atomic mass is 10.1. The first-order valence-corrected chi connectivity index (χ1v) is 6.36. The molecule has 0 aromatic heterocycles. The van der Waals surface area contributed by atoms with Crippen LogP contribution < -0.4 is 5.32 Å². The molecule has 0 saturated carbocycles. The second-order valence-corrected chi connectivity index (χ2v) is 4.48. The Labute approximate surface area is 118 Å². The summed E-state index contributed by atoms with van der Waals surface area (Å²) >= 11 is 0. The molecule has 1 aromatic rings. The largest absolute Gasteiger partial charge is 0.351 e. The van der Waals surface area contributed by atoms with Crippen LogP contribution in [-0.2, 0) is 16.1 Å². The molecule has 1 rings (SSSR count). The third-order valence-electron chi connectivity index (χ3n) is 2.94. The standard InChI is InChI=1S/C15H19FN2O2/c1-4-9-17-15(20)11(2)18(12(3)19)10-13-5-7-14(16)8-6-13/h4-8,11H,1,9-10H2,2-3H3,(H,17,20)/t11-/m1/s1. The summed E-state index contributed by atoms with van der Waals surface area (Å²) in [5, 5.41) is 2.65. The molecule has 2 amide bonds. The number of nitrogens with zero attached hydrogens (tertiary/aromatic N) is 1. The van der Waals surface area contributed by atoms with Crippen molar-refractivity contribution < 1.29 is 14.0 Å². The number of amides is 2. The predicted molar refractivity (Wildman–Crippen MR) is 75.3 cm³/mol. The molecular weight excluding hydrogens is 259 g/mol. The van der Waals surface area contributed by atoms with Crippen LogP contribution in [0.1, 0.15) is 19.4 Å². The lowest BCUT2D eigenvalue weighted by molar-refractivity contribution is -0.138. The van der Waals surface area contributed by atoms with Gasteiger partial charge < -0.3 is 10.2 Å². The molecule has 108 valence electrons. The highest BCUT2D eigenvalue weighted by Crippen LogP contribution is 2.10. The number of hydrogen-bond donors (Lipinski definition) is 1. The van der Waals surface area contributed by atoms with Crippen LogP contribution in [0.5, 0.6) is 0 Å². The molecule has 4 nitrogen and oxygen atoms in total. The first-order chi connectivity index (χ1) is 9.45.